The lowest BCUT2D eigenvalue weighted by molar-refractivity contribution is 0.225. The second kappa shape index (κ2) is 6.98. The fourth-order valence-electron chi connectivity index (χ4n) is 2.34. The van der Waals surface area contributed by atoms with Gasteiger partial charge in [-0.15, -0.1) is 0 Å². The maximum Gasteiger partial charge on any atom is 0.314 e. The van der Waals surface area contributed by atoms with Crippen molar-refractivity contribution in [2.75, 3.05) is 20.1 Å². The highest BCUT2D eigenvalue weighted by Crippen LogP contribution is 2.28. The van der Waals surface area contributed by atoms with Gasteiger partial charge in [-0.25, -0.2) is 9.59 Å². The molecule has 0 bridgehead atoms. The first-order chi connectivity index (χ1) is 8.11. The first-order valence-corrected chi connectivity index (χ1v) is 6.10. The van der Waals surface area contributed by atoms with Crippen molar-refractivity contribution in [1.82, 2.24) is 16.0 Å². The summed E-state index contributed by atoms with van der Waals surface area (Å²) < 4.78 is 0. The Morgan fingerprint density at radius 1 is 1.18 bits per heavy atom. The molecule has 0 aliphatic heterocycles. The summed E-state index contributed by atoms with van der Waals surface area (Å²) in [6.07, 6.45) is 4.43. The van der Waals surface area contributed by atoms with E-state index in [1.807, 2.05) is 0 Å². The van der Waals surface area contributed by atoms with E-state index in [-0.39, 0.29) is 6.03 Å². The Bertz CT molecular complexity index is 270. The molecule has 98 valence electrons. The molecule has 0 aromatic heterocycles. The fraction of sp³-hybridized carbons (Fsp3) is 0.818. The van der Waals surface area contributed by atoms with Crippen LogP contribution in [0.2, 0.25) is 0 Å². The Morgan fingerprint density at radius 2 is 1.76 bits per heavy atom. The molecule has 1 aliphatic rings. The van der Waals surface area contributed by atoms with Gasteiger partial charge in [0.25, 0.3) is 0 Å². The number of carbonyl (C=O) groups excluding carboxylic acids is 2. The lowest BCUT2D eigenvalue weighted by Crippen LogP contribution is -2.39. The van der Waals surface area contributed by atoms with Gasteiger partial charge in [0.05, 0.1) is 0 Å². The Balaban J connectivity index is 2.23. The largest absolute Gasteiger partial charge is 0.352 e. The molecule has 17 heavy (non-hydrogen) atoms. The standard InChI is InChI=1S/C11H22N4O2/c1-13-11(17)15-7-9-4-2-3-8(5-9)6-14-10(12)16/h8-9H,2-7H2,1H3,(H3,12,14,16)(H2,13,15,17). The smallest absolute Gasteiger partial charge is 0.314 e. The molecule has 6 heteroatoms. The highest BCUT2D eigenvalue weighted by molar-refractivity contribution is 5.73. The van der Waals surface area contributed by atoms with Gasteiger partial charge < -0.3 is 21.7 Å². The zero-order valence-electron chi connectivity index (χ0n) is 10.3. The van der Waals surface area contributed by atoms with Crippen molar-refractivity contribution in [1.29, 1.82) is 0 Å². The SMILES string of the molecule is CNC(=O)NCC1CCCC(CNC(N)=O)C1. The van der Waals surface area contributed by atoms with Crippen molar-refractivity contribution in [3.63, 3.8) is 0 Å². The molecule has 0 saturated heterocycles. The van der Waals surface area contributed by atoms with Gasteiger partial charge in [-0.2, -0.15) is 0 Å². The molecule has 0 heterocycles. The van der Waals surface area contributed by atoms with Crippen LogP contribution in [0.5, 0.6) is 0 Å². The second-order valence-corrected chi connectivity index (χ2v) is 4.60. The monoisotopic (exact) mass is 242 g/mol. The second-order valence-electron chi connectivity index (χ2n) is 4.60. The molecule has 2 unspecified atom stereocenters. The van der Waals surface area contributed by atoms with E-state index < -0.39 is 6.03 Å². The quantitative estimate of drug-likeness (QED) is 0.574. The van der Waals surface area contributed by atoms with E-state index in [9.17, 15) is 9.59 Å². The van der Waals surface area contributed by atoms with Gasteiger partial charge in [0.15, 0.2) is 0 Å². The molecular formula is C11H22N4O2. The number of amides is 4. The van der Waals surface area contributed by atoms with Crippen LogP contribution in [0.15, 0.2) is 0 Å². The van der Waals surface area contributed by atoms with E-state index in [1.54, 1.807) is 7.05 Å². The lowest BCUT2D eigenvalue weighted by Gasteiger charge is -2.29. The van der Waals surface area contributed by atoms with Crippen LogP contribution in [0.25, 0.3) is 0 Å². The average Bonchev–Trinajstić information content (AvgIpc) is 2.34. The third kappa shape index (κ3) is 5.42. The molecule has 5 N–H and O–H groups in total. The highest BCUT2D eigenvalue weighted by Gasteiger charge is 2.22. The molecule has 1 saturated carbocycles. The number of carbonyl (C=O) groups is 2. The van der Waals surface area contributed by atoms with E-state index in [2.05, 4.69) is 16.0 Å². The van der Waals surface area contributed by atoms with Gasteiger partial charge in [0.1, 0.15) is 0 Å². The summed E-state index contributed by atoms with van der Waals surface area (Å²) in [5.74, 6) is 0.980. The first kappa shape index (κ1) is 13.6. The van der Waals surface area contributed by atoms with Crippen LogP contribution in [-0.2, 0) is 0 Å². The topological polar surface area (TPSA) is 96.2 Å². The zero-order valence-corrected chi connectivity index (χ0v) is 10.3. The average molecular weight is 242 g/mol. The maximum atomic E-state index is 11.1. The Morgan fingerprint density at radius 3 is 2.29 bits per heavy atom. The van der Waals surface area contributed by atoms with Crippen LogP contribution in [-0.4, -0.2) is 32.2 Å². The zero-order chi connectivity index (χ0) is 12.7. The lowest BCUT2D eigenvalue weighted by atomic mass is 9.81. The third-order valence-electron chi connectivity index (χ3n) is 3.23. The molecule has 6 nitrogen and oxygen atoms in total. The Kier molecular flexibility index (Phi) is 5.59. The summed E-state index contributed by atoms with van der Waals surface area (Å²) in [5, 5.41) is 8.01. The van der Waals surface area contributed by atoms with Gasteiger partial charge in [-0.3, -0.25) is 0 Å². The summed E-state index contributed by atoms with van der Waals surface area (Å²) in [5.41, 5.74) is 5.05. The van der Waals surface area contributed by atoms with Crippen LogP contribution in [0, 0.1) is 11.8 Å². The molecule has 1 aliphatic carbocycles. The summed E-state index contributed by atoms with van der Waals surface area (Å²) >= 11 is 0. The summed E-state index contributed by atoms with van der Waals surface area (Å²) in [7, 11) is 1.61. The number of nitrogens with one attached hydrogen (secondary N) is 3. The summed E-state index contributed by atoms with van der Waals surface area (Å²) in [6, 6.07) is -0.599. The van der Waals surface area contributed by atoms with E-state index >= 15 is 0 Å². The minimum atomic E-state index is -0.462. The maximum absolute atomic E-state index is 11.1. The molecular weight excluding hydrogens is 220 g/mol. The van der Waals surface area contributed by atoms with Gasteiger partial charge in [-0.05, 0) is 31.1 Å². The van der Waals surface area contributed by atoms with E-state index in [4.69, 9.17) is 5.73 Å². The van der Waals surface area contributed by atoms with Gasteiger partial charge in [0, 0.05) is 20.1 Å². The molecule has 1 rings (SSSR count). The van der Waals surface area contributed by atoms with Crippen LogP contribution in [0.4, 0.5) is 9.59 Å². The van der Waals surface area contributed by atoms with Gasteiger partial charge >= 0.3 is 12.1 Å². The van der Waals surface area contributed by atoms with Crippen molar-refractivity contribution >= 4 is 12.1 Å². The van der Waals surface area contributed by atoms with E-state index in [0.717, 1.165) is 25.7 Å². The minimum absolute atomic E-state index is 0.137. The van der Waals surface area contributed by atoms with Crippen molar-refractivity contribution in [2.45, 2.75) is 25.7 Å². The van der Waals surface area contributed by atoms with Crippen LogP contribution in [0.1, 0.15) is 25.7 Å². The van der Waals surface area contributed by atoms with E-state index in [0.29, 0.717) is 24.9 Å². The fourth-order valence-corrected chi connectivity index (χ4v) is 2.34. The van der Waals surface area contributed by atoms with Crippen molar-refractivity contribution in [3.8, 4) is 0 Å². The number of hydrogen-bond acceptors (Lipinski definition) is 2. The minimum Gasteiger partial charge on any atom is -0.352 e. The Hall–Kier alpha value is -1.46. The number of urea groups is 2. The molecule has 2 atom stereocenters. The van der Waals surface area contributed by atoms with Gasteiger partial charge in [0.2, 0.25) is 0 Å². The highest BCUT2D eigenvalue weighted by atomic mass is 16.2. The molecule has 1 fully saturated rings. The molecule has 0 aromatic carbocycles. The molecule has 0 spiro atoms. The molecule has 0 radical (unpaired) electrons. The number of hydrogen-bond donors (Lipinski definition) is 4. The number of rotatable bonds is 4. The predicted molar refractivity (Wildman–Crippen MR) is 65.5 cm³/mol. The van der Waals surface area contributed by atoms with Crippen molar-refractivity contribution in [3.05, 3.63) is 0 Å². The number of nitrogens with two attached hydrogens (primary N) is 1. The number of primary amides is 1. The van der Waals surface area contributed by atoms with Crippen LogP contribution < -0.4 is 21.7 Å². The van der Waals surface area contributed by atoms with Crippen LogP contribution in [0.3, 0.4) is 0 Å². The van der Waals surface area contributed by atoms with Crippen molar-refractivity contribution in [2.24, 2.45) is 17.6 Å². The van der Waals surface area contributed by atoms with Crippen LogP contribution >= 0.6 is 0 Å². The Labute approximate surface area is 102 Å². The molecule has 4 amide bonds. The van der Waals surface area contributed by atoms with E-state index in [1.165, 1.54) is 0 Å². The normalized spacial score (nSPS) is 23.8. The van der Waals surface area contributed by atoms with Gasteiger partial charge in [-0.1, -0.05) is 6.42 Å². The summed E-state index contributed by atoms with van der Waals surface area (Å²) in [6.45, 7) is 1.35. The summed E-state index contributed by atoms with van der Waals surface area (Å²) in [4.78, 5) is 21.7. The van der Waals surface area contributed by atoms with Crippen molar-refractivity contribution < 1.29 is 9.59 Å². The predicted octanol–water partition coefficient (Wildman–Crippen LogP) is 0.390. The third-order valence-corrected chi connectivity index (χ3v) is 3.23. The first-order valence-electron chi connectivity index (χ1n) is 6.10. The molecule has 0 aromatic rings.